The molecule has 2 amide bonds. The zero-order valence-corrected chi connectivity index (χ0v) is 17.1. The van der Waals surface area contributed by atoms with Crippen LogP contribution in [0.25, 0.3) is 0 Å². The van der Waals surface area contributed by atoms with Crippen LogP contribution in [0.1, 0.15) is 27.2 Å². The number of ether oxygens (including phenoxy) is 1. The van der Waals surface area contributed by atoms with Gasteiger partial charge in [-0.3, -0.25) is 4.79 Å². The fraction of sp³-hybridized carbons (Fsp3) is 0.632. The summed E-state index contributed by atoms with van der Waals surface area (Å²) in [6.45, 7) is 8.94. The molecule has 2 fully saturated rings. The van der Waals surface area contributed by atoms with Gasteiger partial charge in [0.25, 0.3) is 0 Å². The van der Waals surface area contributed by atoms with Crippen LogP contribution < -0.4 is 9.80 Å². The third kappa shape index (κ3) is 4.86. The highest BCUT2D eigenvalue weighted by Crippen LogP contribution is 2.26. The Bertz CT molecular complexity index is 681. The molecule has 2 saturated heterocycles. The number of nitrogens with zero attached hydrogens (tertiary/aromatic N) is 4. The molecule has 2 aliphatic rings. The average Bonchev–Trinajstić information content (AvgIpc) is 3.01. The minimum atomic E-state index is -0.482. The highest BCUT2D eigenvalue weighted by Gasteiger charge is 2.30. The summed E-state index contributed by atoms with van der Waals surface area (Å²) < 4.78 is 5.43. The van der Waals surface area contributed by atoms with E-state index in [9.17, 15) is 9.59 Å². The van der Waals surface area contributed by atoms with Crippen molar-refractivity contribution < 1.29 is 14.3 Å². The van der Waals surface area contributed by atoms with E-state index >= 15 is 0 Å². The first-order chi connectivity index (χ1) is 12.8. The smallest absolute Gasteiger partial charge is 0.410 e. The number of carbonyl (C=O) groups excluding carboxylic acids is 2. The zero-order chi connectivity index (χ0) is 19.6. The first-order valence-corrected chi connectivity index (χ1v) is 10.0. The van der Waals surface area contributed by atoms with E-state index in [2.05, 4.69) is 22.5 Å². The molecule has 7 nitrogen and oxygen atoms in total. The van der Waals surface area contributed by atoms with Crippen LogP contribution in [0.2, 0.25) is 0 Å². The molecular formula is C19H28N4O3S. The van der Waals surface area contributed by atoms with Crippen LogP contribution >= 0.6 is 12.6 Å². The maximum Gasteiger partial charge on any atom is 0.410 e. The van der Waals surface area contributed by atoms with Crippen molar-refractivity contribution in [3.63, 3.8) is 0 Å². The van der Waals surface area contributed by atoms with Crippen molar-refractivity contribution >= 4 is 36.1 Å². The maximum absolute atomic E-state index is 12.2. The average molecular weight is 393 g/mol. The third-order valence-electron chi connectivity index (χ3n) is 4.76. The first-order valence-electron chi connectivity index (χ1n) is 9.37. The Labute approximate surface area is 166 Å². The van der Waals surface area contributed by atoms with E-state index in [1.165, 1.54) is 0 Å². The van der Waals surface area contributed by atoms with E-state index < -0.39 is 5.60 Å². The lowest BCUT2D eigenvalue weighted by Gasteiger charge is -2.36. The second kappa shape index (κ2) is 7.96. The monoisotopic (exact) mass is 392 g/mol. The van der Waals surface area contributed by atoms with Crippen LogP contribution in [0.5, 0.6) is 0 Å². The van der Waals surface area contributed by atoms with Gasteiger partial charge in [0.2, 0.25) is 5.91 Å². The topological polar surface area (TPSA) is 66.0 Å². The summed E-state index contributed by atoms with van der Waals surface area (Å²) >= 11 is 4.30. The highest BCUT2D eigenvalue weighted by atomic mass is 32.1. The molecule has 0 spiro atoms. The highest BCUT2D eigenvalue weighted by molar-refractivity contribution is 7.80. The summed E-state index contributed by atoms with van der Waals surface area (Å²) in [7, 11) is 0. The number of anilines is 2. The van der Waals surface area contributed by atoms with Crippen molar-refractivity contribution in [2.24, 2.45) is 5.92 Å². The molecule has 0 radical (unpaired) electrons. The van der Waals surface area contributed by atoms with Gasteiger partial charge in [-0.15, -0.1) is 0 Å². The molecule has 0 aromatic carbocycles. The largest absolute Gasteiger partial charge is 0.444 e. The van der Waals surface area contributed by atoms with Gasteiger partial charge in [0, 0.05) is 39.1 Å². The van der Waals surface area contributed by atoms with E-state index in [0.29, 0.717) is 45.1 Å². The van der Waals surface area contributed by atoms with Gasteiger partial charge in [-0.05, 0) is 44.6 Å². The Morgan fingerprint density at radius 1 is 1.26 bits per heavy atom. The van der Waals surface area contributed by atoms with Crippen LogP contribution in [0.3, 0.4) is 0 Å². The van der Waals surface area contributed by atoms with Crippen molar-refractivity contribution in [3.8, 4) is 0 Å². The number of thiol groups is 1. The van der Waals surface area contributed by atoms with E-state index in [1.807, 2.05) is 32.9 Å². The Morgan fingerprint density at radius 2 is 1.96 bits per heavy atom. The van der Waals surface area contributed by atoms with Gasteiger partial charge in [-0.2, -0.15) is 12.6 Å². The molecule has 1 aromatic heterocycles. The number of hydrogen-bond acceptors (Lipinski definition) is 6. The van der Waals surface area contributed by atoms with Crippen LogP contribution in [0.4, 0.5) is 16.3 Å². The van der Waals surface area contributed by atoms with Crippen molar-refractivity contribution in [2.75, 3.05) is 48.3 Å². The SMILES string of the molecule is CC(C)(C)OC(=O)N1CCN(c2ccc(N3CC(CS)CC3=O)cn2)CC1. The lowest BCUT2D eigenvalue weighted by atomic mass is 10.1. The van der Waals surface area contributed by atoms with E-state index in [-0.39, 0.29) is 12.0 Å². The molecule has 3 heterocycles. The van der Waals surface area contributed by atoms with Gasteiger partial charge >= 0.3 is 6.09 Å². The third-order valence-corrected chi connectivity index (χ3v) is 5.28. The van der Waals surface area contributed by atoms with Crippen LogP contribution in [-0.2, 0) is 9.53 Å². The number of carbonyl (C=O) groups is 2. The quantitative estimate of drug-likeness (QED) is 0.801. The molecule has 0 aliphatic carbocycles. The van der Waals surface area contributed by atoms with Gasteiger partial charge in [0.1, 0.15) is 11.4 Å². The molecule has 8 heteroatoms. The Morgan fingerprint density at radius 3 is 2.48 bits per heavy atom. The Kier molecular flexibility index (Phi) is 5.83. The number of rotatable bonds is 3. The Hall–Kier alpha value is -1.96. The second-order valence-corrected chi connectivity index (χ2v) is 8.45. The van der Waals surface area contributed by atoms with Crippen molar-refractivity contribution in [1.29, 1.82) is 0 Å². The number of piperazine rings is 1. The second-order valence-electron chi connectivity index (χ2n) is 8.09. The molecule has 0 bridgehead atoms. The summed E-state index contributed by atoms with van der Waals surface area (Å²) in [6.07, 6.45) is 2.04. The summed E-state index contributed by atoms with van der Waals surface area (Å²) in [5, 5.41) is 0. The predicted octanol–water partition coefficient (Wildman–Crippen LogP) is 2.42. The van der Waals surface area contributed by atoms with Crippen LogP contribution in [0.15, 0.2) is 18.3 Å². The number of amides is 2. The van der Waals surface area contributed by atoms with E-state index in [1.54, 1.807) is 16.0 Å². The number of hydrogen-bond donors (Lipinski definition) is 1. The molecule has 148 valence electrons. The van der Waals surface area contributed by atoms with Gasteiger partial charge < -0.3 is 19.4 Å². The number of aromatic nitrogens is 1. The number of pyridine rings is 1. The minimum absolute atomic E-state index is 0.134. The summed E-state index contributed by atoms with van der Waals surface area (Å²) in [5.41, 5.74) is 0.352. The van der Waals surface area contributed by atoms with Crippen molar-refractivity contribution in [2.45, 2.75) is 32.8 Å². The van der Waals surface area contributed by atoms with Gasteiger partial charge in [0.05, 0.1) is 11.9 Å². The lowest BCUT2D eigenvalue weighted by molar-refractivity contribution is -0.117. The fourth-order valence-electron chi connectivity index (χ4n) is 3.32. The molecule has 3 rings (SSSR count). The summed E-state index contributed by atoms with van der Waals surface area (Å²) in [6, 6.07) is 3.89. The predicted molar refractivity (Wildman–Crippen MR) is 109 cm³/mol. The van der Waals surface area contributed by atoms with Gasteiger partial charge in [-0.1, -0.05) is 0 Å². The van der Waals surface area contributed by atoms with Crippen molar-refractivity contribution in [1.82, 2.24) is 9.88 Å². The minimum Gasteiger partial charge on any atom is -0.444 e. The molecule has 0 N–H and O–H groups in total. The summed E-state index contributed by atoms with van der Waals surface area (Å²) in [4.78, 5) is 34.5. The van der Waals surface area contributed by atoms with E-state index in [4.69, 9.17) is 4.74 Å². The molecule has 0 saturated carbocycles. The first kappa shape index (κ1) is 19.8. The maximum atomic E-state index is 12.2. The zero-order valence-electron chi connectivity index (χ0n) is 16.2. The van der Waals surface area contributed by atoms with Crippen molar-refractivity contribution in [3.05, 3.63) is 18.3 Å². The fourth-order valence-corrected chi connectivity index (χ4v) is 3.57. The molecule has 1 unspecified atom stereocenters. The molecular weight excluding hydrogens is 364 g/mol. The van der Waals surface area contributed by atoms with E-state index in [0.717, 1.165) is 17.3 Å². The summed E-state index contributed by atoms with van der Waals surface area (Å²) in [5.74, 6) is 2.02. The molecule has 1 aromatic rings. The normalized spacial score (nSPS) is 21.0. The Balaban J connectivity index is 1.56. The molecule has 1 atom stereocenters. The molecule has 2 aliphatic heterocycles. The molecule has 27 heavy (non-hydrogen) atoms. The lowest BCUT2D eigenvalue weighted by Crippen LogP contribution is -2.50. The van der Waals surface area contributed by atoms with Gasteiger partial charge in [0.15, 0.2) is 0 Å². The van der Waals surface area contributed by atoms with Crippen LogP contribution in [0, 0.1) is 5.92 Å². The van der Waals surface area contributed by atoms with Gasteiger partial charge in [-0.25, -0.2) is 9.78 Å². The standard InChI is InChI=1S/C19H28N4O3S/c1-19(2,3)26-18(25)22-8-6-21(7-9-22)16-5-4-15(11-20-16)23-12-14(13-27)10-17(23)24/h4-5,11,14,27H,6-10,12-13H2,1-3H3. The van der Waals surface area contributed by atoms with Crippen LogP contribution in [-0.4, -0.2) is 66.0 Å².